The molecule has 6 rings (SSSR count). The van der Waals surface area contributed by atoms with Gasteiger partial charge in [-0.1, -0.05) is 18.2 Å². The molecular weight excluding hydrogens is 466 g/mol. The SMILES string of the molecule is CN1C(=O)c2cccc(OC(F)F)c2[C@H]2C[C@@H]1c1nc3ccc(-c4ccc(C(C)(C)O)nc4)cc3n12. The number of carbonyl (C=O) groups excluding carboxylic acids is 1. The van der Waals surface area contributed by atoms with E-state index in [1.165, 1.54) is 6.07 Å². The number of carbonyl (C=O) groups is 1. The van der Waals surface area contributed by atoms with Crippen molar-refractivity contribution in [1.82, 2.24) is 19.4 Å². The zero-order chi connectivity index (χ0) is 25.4. The number of hydrogen-bond donors (Lipinski definition) is 1. The lowest BCUT2D eigenvalue weighted by Gasteiger charge is -2.24. The Balaban J connectivity index is 1.52. The monoisotopic (exact) mass is 490 g/mol. The molecule has 2 aliphatic rings. The topological polar surface area (TPSA) is 80.5 Å². The molecule has 2 aromatic carbocycles. The summed E-state index contributed by atoms with van der Waals surface area (Å²) in [4.78, 5) is 24.1. The first-order valence-corrected chi connectivity index (χ1v) is 11.7. The molecule has 0 unspecified atom stereocenters. The molecule has 0 aliphatic carbocycles. The highest BCUT2D eigenvalue weighted by Crippen LogP contribution is 2.50. The van der Waals surface area contributed by atoms with Gasteiger partial charge in [0.25, 0.3) is 5.91 Å². The summed E-state index contributed by atoms with van der Waals surface area (Å²) in [6, 6.07) is 13.6. The maximum Gasteiger partial charge on any atom is 0.387 e. The minimum Gasteiger partial charge on any atom is -0.434 e. The highest BCUT2D eigenvalue weighted by Gasteiger charge is 2.45. The molecule has 9 heteroatoms. The second-order valence-electron chi connectivity index (χ2n) is 9.81. The zero-order valence-electron chi connectivity index (χ0n) is 19.9. The lowest BCUT2D eigenvalue weighted by molar-refractivity contribution is -0.0507. The van der Waals surface area contributed by atoms with Gasteiger partial charge in [0, 0.05) is 36.4 Å². The number of ether oxygens (including phenoxy) is 1. The first-order valence-electron chi connectivity index (χ1n) is 11.7. The van der Waals surface area contributed by atoms with Gasteiger partial charge in [0.2, 0.25) is 0 Å². The fourth-order valence-corrected chi connectivity index (χ4v) is 5.39. The van der Waals surface area contributed by atoms with Crippen molar-refractivity contribution in [1.29, 1.82) is 0 Å². The molecule has 2 atom stereocenters. The third-order valence-electron chi connectivity index (χ3n) is 7.13. The van der Waals surface area contributed by atoms with Crippen LogP contribution in [0, 0.1) is 0 Å². The number of rotatable bonds is 4. The number of fused-ring (bicyclic) bond motifs is 9. The predicted molar refractivity (Wildman–Crippen MR) is 129 cm³/mol. The Bertz CT molecular complexity index is 1510. The van der Waals surface area contributed by atoms with Gasteiger partial charge in [-0.3, -0.25) is 9.78 Å². The van der Waals surface area contributed by atoms with Gasteiger partial charge in [-0.2, -0.15) is 8.78 Å². The molecule has 4 heterocycles. The van der Waals surface area contributed by atoms with Gasteiger partial charge in [-0.15, -0.1) is 0 Å². The van der Waals surface area contributed by atoms with Crippen molar-refractivity contribution >= 4 is 16.9 Å². The van der Waals surface area contributed by atoms with Gasteiger partial charge in [0.1, 0.15) is 17.2 Å². The van der Waals surface area contributed by atoms with Gasteiger partial charge < -0.3 is 19.3 Å². The zero-order valence-corrected chi connectivity index (χ0v) is 19.9. The molecule has 2 bridgehead atoms. The summed E-state index contributed by atoms with van der Waals surface area (Å²) in [5.74, 6) is 0.484. The largest absolute Gasteiger partial charge is 0.434 e. The van der Waals surface area contributed by atoms with Crippen molar-refractivity contribution in [3.63, 3.8) is 0 Å². The minimum atomic E-state index is -3.00. The Morgan fingerprint density at radius 2 is 1.89 bits per heavy atom. The average Bonchev–Trinajstić information content (AvgIpc) is 3.36. The summed E-state index contributed by atoms with van der Waals surface area (Å²) in [5, 5.41) is 10.2. The van der Waals surface area contributed by atoms with E-state index in [0.29, 0.717) is 23.2 Å². The van der Waals surface area contributed by atoms with Crippen LogP contribution in [-0.2, 0) is 5.60 Å². The third kappa shape index (κ3) is 3.37. The Morgan fingerprint density at radius 3 is 2.58 bits per heavy atom. The van der Waals surface area contributed by atoms with Crippen molar-refractivity contribution < 1.29 is 23.4 Å². The summed E-state index contributed by atoms with van der Waals surface area (Å²) in [6.45, 7) is 0.362. The molecule has 0 saturated heterocycles. The average molecular weight is 491 g/mol. The van der Waals surface area contributed by atoms with Crippen molar-refractivity contribution in [3.05, 3.63) is 77.4 Å². The van der Waals surface area contributed by atoms with E-state index in [2.05, 4.69) is 4.98 Å². The second-order valence-corrected chi connectivity index (χ2v) is 9.81. The Labute approximate surface area is 206 Å². The molecule has 0 fully saturated rings. The first kappa shape index (κ1) is 22.6. The molecule has 2 aromatic heterocycles. The van der Waals surface area contributed by atoms with Crippen molar-refractivity contribution in [2.24, 2.45) is 0 Å². The molecule has 36 heavy (non-hydrogen) atoms. The smallest absolute Gasteiger partial charge is 0.387 e. The molecule has 2 aliphatic heterocycles. The van der Waals surface area contributed by atoms with Crippen LogP contribution >= 0.6 is 0 Å². The van der Waals surface area contributed by atoms with E-state index < -0.39 is 12.2 Å². The van der Waals surface area contributed by atoms with Crippen LogP contribution in [0.15, 0.2) is 54.7 Å². The van der Waals surface area contributed by atoms with Crippen LogP contribution in [0.4, 0.5) is 8.78 Å². The minimum absolute atomic E-state index is 0.00663. The van der Waals surface area contributed by atoms with Crippen LogP contribution in [0.25, 0.3) is 22.2 Å². The summed E-state index contributed by atoms with van der Waals surface area (Å²) < 4.78 is 33.5. The number of hydrogen-bond acceptors (Lipinski definition) is 5. The number of alkyl halides is 2. The van der Waals surface area contributed by atoms with Crippen LogP contribution in [0.1, 0.15) is 59.8 Å². The Morgan fingerprint density at radius 1 is 1.11 bits per heavy atom. The van der Waals surface area contributed by atoms with Crippen molar-refractivity contribution in [2.45, 2.75) is 44.6 Å². The van der Waals surface area contributed by atoms with Crippen molar-refractivity contribution in [3.8, 4) is 16.9 Å². The highest BCUT2D eigenvalue weighted by atomic mass is 19.3. The van der Waals surface area contributed by atoms with E-state index in [9.17, 15) is 18.7 Å². The standard InChI is InChI=1S/C27H24F2N4O3/c1-27(2,35)22-10-8-15(13-30-22)14-7-9-17-18(11-14)33-19-12-20(24(33)31-17)32(3)25(34)16-5-4-6-21(23(16)19)36-26(28)29/h4-11,13,19-20,26,35H,12H2,1-3H3/t19-,20-/m1/s1. The quantitative estimate of drug-likeness (QED) is 0.433. The van der Waals surface area contributed by atoms with Gasteiger partial charge in [-0.25, -0.2) is 4.98 Å². The summed E-state index contributed by atoms with van der Waals surface area (Å²) in [7, 11) is 1.72. The molecule has 0 saturated carbocycles. The van der Waals surface area contributed by atoms with E-state index in [0.717, 1.165) is 28.0 Å². The fraction of sp³-hybridized carbons (Fsp3) is 0.296. The molecule has 4 aromatic rings. The fourth-order valence-electron chi connectivity index (χ4n) is 5.39. The van der Waals surface area contributed by atoms with Crippen LogP contribution in [0.2, 0.25) is 0 Å². The van der Waals surface area contributed by atoms with E-state index in [-0.39, 0.29) is 23.7 Å². The Hall–Kier alpha value is -3.85. The normalized spacial score (nSPS) is 19.0. The van der Waals surface area contributed by atoms with E-state index in [1.807, 2.05) is 28.8 Å². The lowest BCUT2D eigenvalue weighted by atomic mass is 9.97. The predicted octanol–water partition coefficient (Wildman–Crippen LogP) is 5.05. The van der Waals surface area contributed by atoms with Gasteiger partial charge >= 0.3 is 6.61 Å². The van der Waals surface area contributed by atoms with Crippen LogP contribution in [-0.4, -0.2) is 44.1 Å². The summed E-state index contributed by atoms with van der Waals surface area (Å²) in [5.41, 5.74) is 3.70. The summed E-state index contributed by atoms with van der Waals surface area (Å²) in [6.07, 6.45) is 2.23. The number of amides is 1. The van der Waals surface area contributed by atoms with Gasteiger partial charge in [0.05, 0.1) is 28.8 Å². The molecule has 0 radical (unpaired) electrons. The molecule has 0 spiro atoms. The van der Waals surface area contributed by atoms with Crippen LogP contribution < -0.4 is 4.74 Å². The molecular formula is C27H24F2N4O3. The number of halogens is 2. The molecule has 1 N–H and O–H groups in total. The van der Waals surface area contributed by atoms with E-state index in [4.69, 9.17) is 9.72 Å². The third-order valence-corrected chi connectivity index (χ3v) is 7.13. The maximum atomic E-state index is 13.3. The second kappa shape index (κ2) is 7.83. The Kier molecular flexibility index (Phi) is 4.91. The van der Waals surface area contributed by atoms with E-state index >= 15 is 0 Å². The number of imidazole rings is 1. The van der Waals surface area contributed by atoms with Crippen LogP contribution in [0.5, 0.6) is 5.75 Å². The number of aromatic nitrogens is 3. The van der Waals surface area contributed by atoms with Gasteiger partial charge in [-0.05, 0) is 49.7 Å². The maximum absolute atomic E-state index is 13.3. The molecule has 184 valence electrons. The first-order chi connectivity index (χ1) is 17.1. The van der Waals surface area contributed by atoms with E-state index in [1.54, 1.807) is 50.2 Å². The number of pyridine rings is 1. The van der Waals surface area contributed by atoms with Crippen LogP contribution in [0.3, 0.4) is 0 Å². The van der Waals surface area contributed by atoms with Gasteiger partial charge in [0.15, 0.2) is 0 Å². The van der Waals surface area contributed by atoms with Crippen molar-refractivity contribution in [2.75, 3.05) is 7.05 Å². The lowest BCUT2D eigenvalue weighted by Crippen LogP contribution is -2.30. The highest BCUT2D eigenvalue weighted by molar-refractivity contribution is 5.98. The molecule has 1 amide bonds. The number of nitrogens with zero attached hydrogens (tertiary/aromatic N) is 4. The summed E-state index contributed by atoms with van der Waals surface area (Å²) >= 11 is 0. The molecule has 7 nitrogen and oxygen atoms in total. The number of aliphatic hydroxyl groups is 1. The number of benzene rings is 2.